The van der Waals surface area contributed by atoms with Gasteiger partial charge in [0.1, 0.15) is 5.02 Å². The molecule has 0 aliphatic carbocycles. The van der Waals surface area contributed by atoms with Crippen LogP contribution in [0.15, 0.2) is 18.2 Å². The molecule has 2 N–H and O–H groups in total. The van der Waals surface area contributed by atoms with E-state index in [1.807, 2.05) is 0 Å². The molecular formula is C14H11ClN2O5. The lowest BCUT2D eigenvalue weighted by molar-refractivity contribution is -0.384. The first kappa shape index (κ1) is 13.4. The van der Waals surface area contributed by atoms with Crippen LogP contribution in [0.1, 0.15) is 36.2 Å². The maximum atomic E-state index is 11.0. The van der Waals surface area contributed by atoms with E-state index < -0.39 is 4.92 Å². The molecule has 2 aromatic rings. The van der Waals surface area contributed by atoms with Crippen LogP contribution in [0.2, 0.25) is 5.02 Å². The van der Waals surface area contributed by atoms with Gasteiger partial charge in [0, 0.05) is 6.07 Å². The Morgan fingerprint density at radius 3 is 2.36 bits per heavy atom. The molecule has 0 spiro atoms. The summed E-state index contributed by atoms with van der Waals surface area (Å²) < 4.78 is 6.85. The molecule has 2 bridgehead atoms. The Bertz CT molecular complexity index is 783. The van der Waals surface area contributed by atoms with E-state index in [4.69, 9.17) is 16.3 Å². The Labute approximate surface area is 129 Å². The third kappa shape index (κ3) is 1.60. The van der Waals surface area contributed by atoms with Crippen molar-refractivity contribution in [3.63, 3.8) is 0 Å². The molecule has 7 nitrogen and oxygen atoms in total. The van der Waals surface area contributed by atoms with Crippen molar-refractivity contribution in [1.29, 1.82) is 0 Å². The fourth-order valence-corrected chi connectivity index (χ4v) is 3.49. The number of nitrogens with zero attached hydrogens (tertiary/aromatic N) is 2. The van der Waals surface area contributed by atoms with Crippen molar-refractivity contribution in [1.82, 2.24) is 4.57 Å². The molecule has 3 heterocycles. The van der Waals surface area contributed by atoms with Crippen molar-refractivity contribution in [2.45, 2.75) is 25.0 Å². The van der Waals surface area contributed by atoms with Gasteiger partial charge in [0.25, 0.3) is 5.69 Å². The summed E-state index contributed by atoms with van der Waals surface area (Å²) in [5.41, 5.74) is 1.14. The second-order valence-electron chi connectivity index (χ2n) is 5.39. The maximum absolute atomic E-state index is 11.0. The van der Waals surface area contributed by atoms with E-state index >= 15 is 0 Å². The van der Waals surface area contributed by atoms with Crippen molar-refractivity contribution < 1.29 is 19.9 Å². The van der Waals surface area contributed by atoms with Gasteiger partial charge in [-0.25, -0.2) is 0 Å². The highest BCUT2D eigenvalue weighted by atomic mass is 35.5. The van der Waals surface area contributed by atoms with Gasteiger partial charge in [-0.05, 0) is 25.0 Å². The number of benzene rings is 1. The SMILES string of the molecule is O=[N+]([O-])c1cc(-n2c(O)c3c(c2O)[C@H]2CC[C@@H]3O2)ccc1Cl. The molecule has 114 valence electrons. The highest BCUT2D eigenvalue weighted by Gasteiger charge is 2.45. The number of halogens is 1. The van der Waals surface area contributed by atoms with E-state index in [1.54, 1.807) is 0 Å². The summed E-state index contributed by atoms with van der Waals surface area (Å²) >= 11 is 5.79. The third-order valence-corrected chi connectivity index (χ3v) is 4.56. The average molecular weight is 323 g/mol. The van der Waals surface area contributed by atoms with Crippen LogP contribution < -0.4 is 0 Å². The zero-order chi connectivity index (χ0) is 15.6. The zero-order valence-electron chi connectivity index (χ0n) is 11.2. The minimum atomic E-state index is -0.607. The number of fused-ring (bicyclic) bond motifs is 5. The lowest BCUT2D eigenvalue weighted by Gasteiger charge is -2.10. The number of ether oxygens (including phenoxy) is 1. The van der Waals surface area contributed by atoms with Gasteiger partial charge < -0.3 is 14.9 Å². The predicted octanol–water partition coefficient (Wildman–Crippen LogP) is 3.36. The van der Waals surface area contributed by atoms with E-state index in [9.17, 15) is 20.3 Å². The molecule has 1 aromatic carbocycles. The molecule has 0 unspecified atom stereocenters. The summed E-state index contributed by atoms with van der Waals surface area (Å²) in [5.74, 6) is -0.285. The fraction of sp³-hybridized carbons (Fsp3) is 0.286. The van der Waals surface area contributed by atoms with Gasteiger partial charge in [-0.15, -0.1) is 0 Å². The first-order valence-corrected chi connectivity index (χ1v) is 7.13. The number of nitro benzene ring substituents is 1. The summed E-state index contributed by atoms with van der Waals surface area (Å²) in [6.45, 7) is 0. The molecule has 0 radical (unpaired) electrons. The van der Waals surface area contributed by atoms with Crippen LogP contribution in [0.3, 0.4) is 0 Å². The van der Waals surface area contributed by atoms with Crippen molar-refractivity contribution in [3.8, 4) is 17.4 Å². The number of aromatic nitrogens is 1. The smallest absolute Gasteiger partial charge is 0.289 e. The number of rotatable bonds is 2. The Hall–Kier alpha value is -2.25. The predicted molar refractivity (Wildman–Crippen MR) is 76.6 cm³/mol. The summed E-state index contributed by atoms with van der Waals surface area (Å²) in [4.78, 5) is 10.4. The first-order chi connectivity index (χ1) is 10.5. The van der Waals surface area contributed by atoms with Crippen molar-refractivity contribution in [3.05, 3.63) is 44.5 Å². The van der Waals surface area contributed by atoms with Gasteiger partial charge in [-0.2, -0.15) is 0 Å². The number of hydrogen-bond donors (Lipinski definition) is 2. The lowest BCUT2D eigenvalue weighted by atomic mass is 9.95. The van der Waals surface area contributed by atoms with Crippen LogP contribution in [0.4, 0.5) is 5.69 Å². The molecule has 22 heavy (non-hydrogen) atoms. The van der Waals surface area contributed by atoms with Gasteiger partial charge in [0.2, 0.25) is 11.8 Å². The normalized spacial score (nSPS) is 22.0. The lowest BCUT2D eigenvalue weighted by Crippen LogP contribution is -1.98. The largest absolute Gasteiger partial charge is 0.494 e. The molecule has 4 rings (SSSR count). The Balaban J connectivity index is 1.92. The van der Waals surface area contributed by atoms with Crippen LogP contribution in [-0.4, -0.2) is 19.7 Å². The van der Waals surface area contributed by atoms with Crippen molar-refractivity contribution in [2.24, 2.45) is 0 Å². The fourth-order valence-electron chi connectivity index (χ4n) is 3.30. The minimum absolute atomic E-state index is 0.00386. The Morgan fingerprint density at radius 1 is 1.23 bits per heavy atom. The molecule has 1 fully saturated rings. The van der Waals surface area contributed by atoms with Crippen LogP contribution >= 0.6 is 11.6 Å². The van der Waals surface area contributed by atoms with Gasteiger partial charge in [0.05, 0.1) is 33.9 Å². The van der Waals surface area contributed by atoms with Crippen LogP contribution in [0.25, 0.3) is 5.69 Å². The maximum Gasteiger partial charge on any atom is 0.289 e. The van der Waals surface area contributed by atoms with E-state index in [-0.39, 0.29) is 40.4 Å². The van der Waals surface area contributed by atoms with Crippen LogP contribution in [0.5, 0.6) is 11.8 Å². The first-order valence-electron chi connectivity index (χ1n) is 6.75. The van der Waals surface area contributed by atoms with Crippen LogP contribution in [-0.2, 0) is 4.74 Å². The molecule has 2 aliphatic heterocycles. The molecule has 0 amide bonds. The molecule has 1 saturated heterocycles. The quantitative estimate of drug-likeness (QED) is 0.652. The van der Waals surface area contributed by atoms with E-state index in [0.29, 0.717) is 11.1 Å². The molecule has 8 heteroatoms. The Morgan fingerprint density at radius 2 is 1.82 bits per heavy atom. The standard InChI is InChI=1S/C14H11ClN2O5/c15-7-2-1-6(5-8(7)17(20)21)16-13(18)11-9-3-4-10(22-9)12(11)14(16)19/h1-2,5,9-10,18-19H,3-4H2/t9-,10+. The summed E-state index contributed by atoms with van der Waals surface area (Å²) in [6, 6.07) is 4.09. The van der Waals surface area contributed by atoms with Crippen molar-refractivity contribution >= 4 is 17.3 Å². The second kappa shape index (κ2) is 4.37. The van der Waals surface area contributed by atoms with Gasteiger partial charge in [-0.3, -0.25) is 14.7 Å². The highest BCUT2D eigenvalue weighted by Crippen LogP contribution is 2.58. The summed E-state index contributed by atoms with van der Waals surface area (Å²) in [7, 11) is 0. The molecule has 2 aliphatic rings. The van der Waals surface area contributed by atoms with Crippen molar-refractivity contribution in [2.75, 3.05) is 0 Å². The molecule has 0 saturated carbocycles. The monoisotopic (exact) mass is 322 g/mol. The minimum Gasteiger partial charge on any atom is -0.494 e. The zero-order valence-corrected chi connectivity index (χ0v) is 11.9. The highest BCUT2D eigenvalue weighted by molar-refractivity contribution is 6.32. The Kier molecular flexibility index (Phi) is 2.67. The topological polar surface area (TPSA) is 97.8 Å². The van der Waals surface area contributed by atoms with Gasteiger partial charge >= 0.3 is 0 Å². The number of nitro groups is 1. The summed E-state index contributed by atoms with van der Waals surface area (Å²) in [5, 5.41) is 31.8. The number of aromatic hydroxyl groups is 2. The van der Waals surface area contributed by atoms with Crippen LogP contribution in [0, 0.1) is 10.1 Å². The average Bonchev–Trinajstić information content (AvgIpc) is 3.14. The number of hydrogen-bond acceptors (Lipinski definition) is 5. The van der Waals surface area contributed by atoms with Gasteiger partial charge in [0.15, 0.2) is 0 Å². The molecule has 2 atom stereocenters. The van der Waals surface area contributed by atoms with E-state index in [2.05, 4.69) is 0 Å². The van der Waals surface area contributed by atoms with E-state index in [1.165, 1.54) is 22.8 Å². The van der Waals surface area contributed by atoms with E-state index in [0.717, 1.165) is 12.8 Å². The van der Waals surface area contributed by atoms with Gasteiger partial charge in [-0.1, -0.05) is 11.6 Å². The third-order valence-electron chi connectivity index (χ3n) is 4.24. The second-order valence-corrected chi connectivity index (χ2v) is 5.80. The molecule has 1 aromatic heterocycles. The molecular weight excluding hydrogens is 312 g/mol. The summed E-state index contributed by atoms with van der Waals surface area (Å²) in [6.07, 6.45) is 1.12.